The quantitative estimate of drug-likeness (QED) is 0.750. The lowest BCUT2D eigenvalue weighted by Crippen LogP contribution is -2.42. The first-order valence-corrected chi connectivity index (χ1v) is 7.05. The van der Waals surface area contributed by atoms with Gasteiger partial charge in [0, 0.05) is 32.7 Å². The highest BCUT2D eigenvalue weighted by molar-refractivity contribution is 5.79. The molecule has 1 aliphatic heterocycles. The monoisotopic (exact) mass is 237 g/mol. The average molecular weight is 237 g/mol. The first-order chi connectivity index (χ1) is 8.28. The van der Waals surface area contributed by atoms with E-state index < -0.39 is 0 Å². The fraction of sp³-hybridized carbons (Fsp3) is 0.929. The number of hydrogen-bond acceptors (Lipinski definition) is 2. The Labute approximate surface area is 104 Å². The molecule has 0 aromatic carbocycles. The van der Waals surface area contributed by atoms with Gasteiger partial charge in [-0.2, -0.15) is 0 Å². The minimum Gasteiger partial charge on any atom is -0.384 e. The maximum Gasteiger partial charge on any atom is 0.225 e. The number of methoxy groups -OCH3 is 1. The third-order valence-electron chi connectivity index (χ3n) is 4.92. The number of likely N-dealkylation sites (tertiary alicyclic amines) is 1. The molecule has 0 spiro atoms. The normalized spacial score (nSPS) is 37.0. The van der Waals surface area contributed by atoms with Gasteiger partial charge in [-0.05, 0) is 49.9 Å². The standard InChI is InChI=1S/C14H23NO2/c1-17-9-10-2-4-15(5-3-10)14(16)13-7-11-6-12(11)8-13/h10-13H,2-9H2,1H3. The van der Waals surface area contributed by atoms with E-state index in [-0.39, 0.29) is 0 Å². The summed E-state index contributed by atoms with van der Waals surface area (Å²) in [5.41, 5.74) is 0. The Morgan fingerprint density at radius 2 is 1.82 bits per heavy atom. The number of fused-ring (bicyclic) bond motifs is 1. The SMILES string of the molecule is COCC1CCN(C(=O)C2CC3CC3C2)CC1. The summed E-state index contributed by atoms with van der Waals surface area (Å²) >= 11 is 0. The van der Waals surface area contributed by atoms with Crippen LogP contribution in [0.5, 0.6) is 0 Å². The van der Waals surface area contributed by atoms with Gasteiger partial charge in [0.2, 0.25) is 5.91 Å². The Morgan fingerprint density at radius 3 is 2.41 bits per heavy atom. The summed E-state index contributed by atoms with van der Waals surface area (Å²) in [6, 6.07) is 0. The number of carbonyl (C=O) groups excluding carboxylic acids is 1. The van der Waals surface area contributed by atoms with E-state index in [1.165, 1.54) is 19.3 Å². The van der Waals surface area contributed by atoms with Crippen LogP contribution in [0.4, 0.5) is 0 Å². The Hall–Kier alpha value is -0.570. The van der Waals surface area contributed by atoms with Crippen molar-refractivity contribution in [2.45, 2.75) is 32.1 Å². The van der Waals surface area contributed by atoms with Gasteiger partial charge in [-0.3, -0.25) is 4.79 Å². The zero-order valence-corrected chi connectivity index (χ0v) is 10.7. The lowest BCUT2D eigenvalue weighted by Gasteiger charge is -2.33. The molecule has 3 heteroatoms. The van der Waals surface area contributed by atoms with E-state index in [1.54, 1.807) is 7.11 Å². The van der Waals surface area contributed by atoms with E-state index in [9.17, 15) is 4.79 Å². The topological polar surface area (TPSA) is 29.5 Å². The molecule has 0 bridgehead atoms. The minimum atomic E-state index is 0.373. The van der Waals surface area contributed by atoms with Gasteiger partial charge < -0.3 is 9.64 Å². The molecule has 1 heterocycles. The van der Waals surface area contributed by atoms with Crippen LogP contribution in [0, 0.1) is 23.7 Å². The number of ether oxygens (including phenoxy) is 1. The predicted molar refractivity (Wildman–Crippen MR) is 65.5 cm³/mol. The van der Waals surface area contributed by atoms with Crippen LogP contribution in [0.25, 0.3) is 0 Å². The van der Waals surface area contributed by atoms with Crippen molar-refractivity contribution in [1.82, 2.24) is 4.90 Å². The molecule has 3 rings (SSSR count). The van der Waals surface area contributed by atoms with E-state index in [1.807, 2.05) is 0 Å². The van der Waals surface area contributed by atoms with Crippen molar-refractivity contribution in [3.63, 3.8) is 0 Å². The highest BCUT2D eigenvalue weighted by Gasteiger charge is 2.48. The highest BCUT2D eigenvalue weighted by Crippen LogP contribution is 2.54. The van der Waals surface area contributed by atoms with E-state index in [2.05, 4.69) is 4.90 Å². The Kier molecular flexibility index (Phi) is 3.12. The van der Waals surface area contributed by atoms with Crippen molar-refractivity contribution in [2.24, 2.45) is 23.7 Å². The van der Waals surface area contributed by atoms with Crippen molar-refractivity contribution in [3.05, 3.63) is 0 Å². The van der Waals surface area contributed by atoms with Crippen molar-refractivity contribution in [3.8, 4) is 0 Å². The molecule has 3 fully saturated rings. The number of rotatable bonds is 3. The smallest absolute Gasteiger partial charge is 0.225 e. The van der Waals surface area contributed by atoms with E-state index in [0.717, 1.165) is 44.4 Å². The van der Waals surface area contributed by atoms with Crippen LogP contribution in [0.2, 0.25) is 0 Å². The summed E-state index contributed by atoms with van der Waals surface area (Å²) in [4.78, 5) is 14.4. The Balaban J connectivity index is 1.47. The van der Waals surface area contributed by atoms with Crippen LogP contribution in [0.3, 0.4) is 0 Å². The molecule has 2 unspecified atom stereocenters. The van der Waals surface area contributed by atoms with Crippen molar-refractivity contribution in [1.29, 1.82) is 0 Å². The molecule has 0 radical (unpaired) electrons. The van der Waals surface area contributed by atoms with Crippen LogP contribution in [-0.4, -0.2) is 37.6 Å². The van der Waals surface area contributed by atoms with Gasteiger partial charge in [-0.1, -0.05) is 0 Å². The molecule has 2 aliphatic carbocycles. The lowest BCUT2D eigenvalue weighted by atomic mass is 9.95. The first-order valence-electron chi connectivity index (χ1n) is 7.05. The summed E-state index contributed by atoms with van der Waals surface area (Å²) in [5.74, 6) is 3.32. The first kappa shape index (κ1) is 11.5. The fourth-order valence-electron chi connectivity index (χ4n) is 3.73. The zero-order valence-electron chi connectivity index (χ0n) is 10.7. The van der Waals surface area contributed by atoms with Crippen molar-refractivity contribution < 1.29 is 9.53 Å². The van der Waals surface area contributed by atoms with Gasteiger partial charge in [0.15, 0.2) is 0 Å². The molecular weight excluding hydrogens is 214 g/mol. The number of hydrogen-bond donors (Lipinski definition) is 0. The number of nitrogens with zero attached hydrogens (tertiary/aromatic N) is 1. The molecule has 0 aromatic rings. The maximum absolute atomic E-state index is 12.3. The fourth-order valence-corrected chi connectivity index (χ4v) is 3.73. The van der Waals surface area contributed by atoms with Gasteiger partial charge in [0.1, 0.15) is 0 Å². The van der Waals surface area contributed by atoms with Crippen molar-refractivity contribution >= 4 is 5.91 Å². The van der Waals surface area contributed by atoms with Gasteiger partial charge in [0.05, 0.1) is 0 Å². The summed E-state index contributed by atoms with van der Waals surface area (Å²) in [5, 5.41) is 0. The van der Waals surface area contributed by atoms with Crippen LogP contribution in [0.1, 0.15) is 32.1 Å². The van der Waals surface area contributed by atoms with Gasteiger partial charge in [0.25, 0.3) is 0 Å². The third kappa shape index (κ3) is 2.35. The number of carbonyl (C=O) groups is 1. The van der Waals surface area contributed by atoms with E-state index in [0.29, 0.717) is 17.7 Å². The lowest BCUT2D eigenvalue weighted by molar-refractivity contribution is -0.137. The van der Waals surface area contributed by atoms with Gasteiger partial charge in [-0.25, -0.2) is 0 Å². The second kappa shape index (κ2) is 4.60. The Morgan fingerprint density at radius 1 is 1.18 bits per heavy atom. The summed E-state index contributed by atoms with van der Waals surface area (Å²) < 4.78 is 5.19. The molecule has 1 saturated heterocycles. The number of piperidine rings is 1. The predicted octanol–water partition coefficient (Wildman–Crippen LogP) is 1.92. The molecule has 0 aromatic heterocycles. The largest absolute Gasteiger partial charge is 0.384 e. The summed E-state index contributed by atoms with van der Waals surface area (Å²) in [6.45, 7) is 2.77. The molecule has 2 atom stereocenters. The molecular formula is C14H23NO2. The zero-order chi connectivity index (χ0) is 11.8. The average Bonchev–Trinajstić information content (AvgIpc) is 2.97. The third-order valence-corrected chi connectivity index (χ3v) is 4.92. The molecule has 0 N–H and O–H groups in total. The second-order valence-corrected chi connectivity index (χ2v) is 6.15. The van der Waals surface area contributed by atoms with Crippen molar-refractivity contribution in [2.75, 3.05) is 26.8 Å². The van der Waals surface area contributed by atoms with Crippen LogP contribution >= 0.6 is 0 Å². The van der Waals surface area contributed by atoms with Gasteiger partial charge >= 0.3 is 0 Å². The minimum absolute atomic E-state index is 0.373. The van der Waals surface area contributed by atoms with E-state index >= 15 is 0 Å². The molecule has 1 amide bonds. The summed E-state index contributed by atoms with van der Waals surface area (Å²) in [6.07, 6.45) is 6.01. The molecule has 17 heavy (non-hydrogen) atoms. The summed E-state index contributed by atoms with van der Waals surface area (Å²) in [7, 11) is 1.77. The molecule has 3 aliphatic rings. The second-order valence-electron chi connectivity index (χ2n) is 6.15. The van der Waals surface area contributed by atoms with Gasteiger partial charge in [-0.15, -0.1) is 0 Å². The molecule has 96 valence electrons. The van der Waals surface area contributed by atoms with Crippen LogP contribution < -0.4 is 0 Å². The van der Waals surface area contributed by atoms with Crippen LogP contribution in [0.15, 0.2) is 0 Å². The Bertz CT molecular complexity index is 287. The van der Waals surface area contributed by atoms with E-state index in [4.69, 9.17) is 4.74 Å². The number of amides is 1. The molecule has 3 nitrogen and oxygen atoms in total. The highest BCUT2D eigenvalue weighted by atomic mass is 16.5. The van der Waals surface area contributed by atoms with Crippen LogP contribution in [-0.2, 0) is 9.53 Å². The molecule has 2 saturated carbocycles. The maximum atomic E-state index is 12.3.